The number of ether oxygens (including phenoxy) is 1. The van der Waals surface area contributed by atoms with E-state index in [0.717, 1.165) is 39.0 Å². The summed E-state index contributed by atoms with van der Waals surface area (Å²) in [6, 6.07) is 0. The fourth-order valence-electron chi connectivity index (χ4n) is 2.49. The molecule has 106 valence electrons. The Kier molecular flexibility index (Phi) is 7.28. The number of amides is 1. The smallest absolute Gasteiger partial charge is 0.220 e. The summed E-state index contributed by atoms with van der Waals surface area (Å²) < 4.78 is 5.31. The molecule has 0 aliphatic carbocycles. The Morgan fingerprint density at radius 1 is 1.50 bits per heavy atom. The van der Waals surface area contributed by atoms with Gasteiger partial charge in [0.1, 0.15) is 0 Å². The lowest BCUT2D eigenvalue weighted by Crippen LogP contribution is -2.30. The largest absolute Gasteiger partial charge is 0.381 e. The fraction of sp³-hybridized carbons (Fsp3) is 0.929. The van der Waals surface area contributed by atoms with Gasteiger partial charge in [-0.2, -0.15) is 0 Å². The van der Waals surface area contributed by atoms with Crippen molar-refractivity contribution >= 4 is 5.91 Å². The zero-order valence-corrected chi connectivity index (χ0v) is 11.8. The molecule has 1 saturated heterocycles. The predicted octanol–water partition coefficient (Wildman–Crippen LogP) is 1.54. The average molecular weight is 256 g/mol. The van der Waals surface area contributed by atoms with Crippen LogP contribution in [0.4, 0.5) is 0 Å². The van der Waals surface area contributed by atoms with E-state index in [1.807, 2.05) is 0 Å². The summed E-state index contributed by atoms with van der Waals surface area (Å²) in [5, 5.41) is 3.00. The minimum atomic E-state index is 0.144. The molecule has 2 unspecified atom stereocenters. The van der Waals surface area contributed by atoms with Gasteiger partial charge in [0, 0.05) is 26.2 Å². The van der Waals surface area contributed by atoms with Gasteiger partial charge in [0.25, 0.3) is 0 Å². The van der Waals surface area contributed by atoms with E-state index in [9.17, 15) is 4.79 Å². The minimum absolute atomic E-state index is 0.144. The monoisotopic (exact) mass is 256 g/mol. The van der Waals surface area contributed by atoms with Crippen LogP contribution in [-0.2, 0) is 9.53 Å². The van der Waals surface area contributed by atoms with Gasteiger partial charge in [0.05, 0.1) is 0 Å². The van der Waals surface area contributed by atoms with Crippen LogP contribution in [0.3, 0.4) is 0 Å². The lowest BCUT2D eigenvalue weighted by Gasteiger charge is -2.17. The van der Waals surface area contributed by atoms with Crippen molar-refractivity contribution in [2.75, 3.05) is 26.3 Å². The summed E-state index contributed by atoms with van der Waals surface area (Å²) in [5.74, 6) is 1.69. The number of rotatable bonds is 8. The molecular formula is C14H28N2O2. The molecular weight excluding hydrogens is 228 g/mol. The van der Waals surface area contributed by atoms with Crippen molar-refractivity contribution in [1.82, 2.24) is 5.32 Å². The number of nitrogens with two attached hydrogens (primary N) is 1. The van der Waals surface area contributed by atoms with Crippen LogP contribution in [0.15, 0.2) is 0 Å². The number of hydrogen-bond acceptors (Lipinski definition) is 3. The highest BCUT2D eigenvalue weighted by molar-refractivity contribution is 5.76. The second-order valence-corrected chi connectivity index (χ2v) is 5.80. The van der Waals surface area contributed by atoms with Crippen LogP contribution < -0.4 is 11.1 Å². The van der Waals surface area contributed by atoms with E-state index in [-0.39, 0.29) is 5.91 Å². The SMILES string of the molecule is CC(C)CC(CN)CC(=O)NCCC1CCOC1. The summed E-state index contributed by atoms with van der Waals surface area (Å²) in [6.45, 7) is 7.44. The molecule has 0 spiro atoms. The molecule has 2 atom stereocenters. The summed E-state index contributed by atoms with van der Waals surface area (Å²) >= 11 is 0. The lowest BCUT2D eigenvalue weighted by molar-refractivity contribution is -0.122. The van der Waals surface area contributed by atoms with Gasteiger partial charge in [-0.15, -0.1) is 0 Å². The summed E-state index contributed by atoms with van der Waals surface area (Å²) in [4.78, 5) is 11.8. The van der Waals surface area contributed by atoms with Crippen molar-refractivity contribution in [2.45, 2.75) is 39.5 Å². The quantitative estimate of drug-likeness (QED) is 0.692. The van der Waals surface area contributed by atoms with Gasteiger partial charge in [0.15, 0.2) is 0 Å². The number of carbonyl (C=O) groups excluding carboxylic acids is 1. The molecule has 0 aromatic rings. The van der Waals surface area contributed by atoms with Crippen LogP contribution in [-0.4, -0.2) is 32.2 Å². The van der Waals surface area contributed by atoms with E-state index in [2.05, 4.69) is 19.2 Å². The van der Waals surface area contributed by atoms with Crippen molar-refractivity contribution in [1.29, 1.82) is 0 Å². The molecule has 18 heavy (non-hydrogen) atoms. The van der Waals surface area contributed by atoms with Crippen molar-refractivity contribution in [3.05, 3.63) is 0 Å². The van der Waals surface area contributed by atoms with Gasteiger partial charge >= 0.3 is 0 Å². The first-order valence-corrected chi connectivity index (χ1v) is 7.16. The maximum absolute atomic E-state index is 11.8. The molecule has 1 rings (SSSR count). The van der Waals surface area contributed by atoms with Gasteiger partial charge in [-0.25, -0.2) is 0 Å². The van der Waals surface area contributed by atoms with Crippen LogP contribution >= 0.6 is 0 Å². The Labute approximate surface area is 111 Å². The molecule has 3 N–H and O–H groups in total. The normalized spacial score (nSPS) is 21.2. The summed E-state index contributed by atoms with van der Waals surface area (Å²) in [7, 11) is 0. The highest BCUT2D eigenvalue weighted by Crippen LogP contribution is 2.16. The maximum Gasteiger partial charge on any atom is 0.220 e. The van der Waals surface area contributed by atoms with Crippen molar-refractivity contribution < 1.29 is 9.53 Å². The Morgan fingerprint density at radius 3 is 2.83 bits per heavy atom. The molecule has 0 aromatic carbocycles. The molecule has 0 aromatic heterocycles. The molecule has 1 amide bonds. The third-order valence-corrected chi connectivity index (χ3v) is 3.51. The van der Waals surface area contributed by atoms with E-state index >= 15 is 0 Å². The Balaban J connectivity index is 2.11. The molecule has 1 aliphatic rings. The lowest BCUT2D eigenvalue weighted by atomic mass is 9.94. The van der Waals surface area contributed by atoms with E-state index in [1.54, 1.807) is 0 Å². The number of hydrogen-bond donors (Lipinski definition) is 2. The third-order valence-electron chi connectivity index (χ3n) is 3.51. The van der Waals surface area contributed by atoms with Gasteiger partial charge < -0.3 is 15.8 Å². The number of carbonyl (C=O) groups is 1. The average Bonchev–Trinajstić information content (AvgIpc) is 2.80. The van der Waals surface area contributed by atoms with Gasteiger partial charge in [-0.1, -0.05) is 13.8 Å². The second kappa shape index (κ2) is 8.48. The molecule has 0 saturated carbocycles. The van der Waals surface area contributed by atoms with Crippen LogP contribution in [0, 0.1) is 17.8 Å². The molecule has 0 radical (unpaired) electrons. The Morgan fingerprint density at radius 2 is 2.28 bits per heavy atom. The molecule has 0 bridgehead atoms. The zero-order valence-electron chi connectivity index (χ0n) is 11.8. The molecule has 4 heteroatoms. The van der Waals surface area contributed by atoms with Crippen molar-refractivity contribution in [2.24, 2.45) is 23.5 Å². The van der Waals surface area contributed by atoms with E-state index in [0.29, 0.717) is 30.7 Å². The minimum Gasteiger partial charge on any atom is -0.381 e. The van der Waals surface area contributed by atoms with E-state index in [1.165, 1.54) is 0 Å². The molecule has 4 nitrogen and oxygen atoms in total. The Bertz CT molecular complexity index is 238. The fourth-order valence-corrected chi connectivity index (χ4v) is 2.49. The zero-order chi connectivity index (χ0) is 13.4. The molecule has 1 fully saturated rings. The number of nitrogens with one attached hydrogen (secondary N) is 1. The Hall–Kier alpha value is -0.610. The first-order chi connectivity index (χ1) is 8.61. The summed E-state index contributed by atoms with van der Waals surface area (Å²) in [5.41, 5.74) is 5.70. The van der Waals surface area contributed by atoms with Crippen LogP contribution in [0.2, 0.25) is 0 Å². The summed E-state index contributed by atoms with van der Waals surface area (Å²) in [6.07, 6.45) is 3.76. The molecule has 1 aliphatic heterocycles. The third kappa shape index (κ3) is 6.36. The van der Waals surface area contributed by atoms with Crippen molar-refractivity contribution in [3.8, 4) is 0 Å². The van der Waals surface area contributed by atoms with Crippen LogP contribution in [0.25, 0.3) is 0 Å². The van der Waals surface area contributed by atoms with Gasteiger partial charge in [-0.05, 0) is 43.6 Å². The maximum atomic E-state index is 11.8. The molecule has 1 heterocycles. The van der Waals surface area contributed by atoms with Crippen LogP contribution in [0.1, 0.15) is 39.5 Å². The topological polar surface area (TPSA) is 64.4 Å². The van der Waals surface area contributed by atoms with E-state index in [4.69, 9.17) is 10.5 Å². The first kappa shape index (κ1) is 15.4. The predicted molar refractivity (Wildman–Crippen MR) is 73.2 cm³/mol. The van der Waals surface area contributed by atoms with Gasteiger partial charge in [0.2, 0.25) is 5.91 Å². The van der Waals surface area contributed by atoms with Gasteiger partial charge in [-0.3, -0.25) is 4.79 Å². The second-order valence-electron chi connectivity index (χ2n) is 5.80. The van der Waals surface area contributed by atoms with E-state index < -0.39 is 0 Å². The first-order valence-electron chi connectivity index (χ1n) is 7.16. The standard InChI is InChI=1S/C14H28N2O2/c1-11(2)7-13(9-15)8-14(17)16-5-3-12-4-6-18-10-12/h11-13H,3-10,15H2,1-2H3,(H,16,17). The highest BCUT2D eigenvalue weighted by Gasteiger charge is 2.17. The highest BCUT2D eigenvalue weighted by atomic mass is 16.5. The van der Waals surface area contributed by atoms with Crippen LogP contribution in [0.5, 0.6) is 0 Å². The van der Waals surface area contributed by atoms with Crippen molar-refractivity contribution in [3.63, 3.8) is 0 Å².